The van der Waals surface area contributed by atoms with Crippen molar-refractivity contribution in [2.75, 3.05) is 57.8 Å². The highest BCUT2D eigenvalue weighted by atomic mass is 32.2. The fourth-order valence-electron chi connectivity index (χ4n) is 4.28. The summed E-state index contributed by atoms with van der Waals surface area (Å²) in [5.74, 6) is 1.62. The molecule has 0 radical (unpaired) electrons. The van der Waals surface area contributed by atoms with Crippen LogP contribution in [0.4, 0.5) is 0 Å². The van der Waals surface area contributed by atoms with Gasteiger partial charge in [-0.15, -0.1) is 0 Å². The molecule has 1 N–H and O–H groups in total. The van der Waals surface area contributed by atoms with E-state index in [9.17, 15) is 8.42 Å². The monoisotopic (exact) mass is 342 g/mol. The van der Waals surface area contributed by atoms with Gasteiger partial charge in [0.2, 0.25) is 0 Å². The van der Waals surface area contributed by atoms with Gasteiger partial charge in [0, 0.05) is 46.3 Å². The van der Waals surface area contributed by atoms with E-state index in [0.717, 1.165) is 32.1 Å². The molecule has 0 aromatic rings. The molecule has 3 fully saturated rings. The maximum Gasteiger partial charge on any atom is 0.193 e. The molecule has 7 heteroatoms. The first kappa shape index (κ1) is 17.0. The number of nitrogens with zero attached hydrogens (tertiary/aromatic N) is 3. The molecule has 1 aliphatic carbocycles. The zero-order chi connectivity index (χ0) is 16.3. The highest BCUT2D eigenvalue weighted by Gasteiger charge is 2.41. The van der Waals surface area contributed by atoms with E-state index in [1.54, 1.807) is 0 Å². The molecule has 3 aliphatic rings. The number of guanidine groups is 1. The van der Waals surface area contributed by atoms with Crippen molar-refractivity contribution in [1.82, 2.24) is 15.1 Å². The van der Waals surface area contributed by atoms with E-state index in [4.69, 9.17) is 0 Å². The predicted molar refractivity (Wildman–Crippen MR) is 93.5 cm³/mol. The second-order valence-corrected chi connectivity index (χ2v) is 9.65. The number of aliphatic imine (C=N–C) groups is 1. The van der Waals surface area contributed by atoms with Crippen molar-refractivity contribution >= 4 is 15.8 Å². The van der Waals surface area contributed by atoms with Crippen LogP contribution >= 0.6 is 0 Å². The van der Waals surface area contributed by atoms with Gasteiger partial charge in [0.05, 0.1) is 11.5 Å². The van der Waals surface area contributed by atoms with E-state index in [0.29, 0.717) is 30.0 Å². The van der Waals surface area contributed by atoms with Gasteiger partial charge in [-0.05, 0) is 24.7 Å². The Morgan fingerprint density at radius 2 is 1.83 bits per heavy atom. The molecule has 2 heterocycles. The molecule has 1 saturated carbocycles. The topological polar surface area (TPSA) is 65.0 Å². The molecule has 0 atom stereocenters. The molecule has 2 saturated heterocycles. The van der Waals surface area contributed by atoms with E-state index in [1.807, 2.05) is 7.05 Å². The Kier molecular flexibility index (Phi) is 5.16. The molecule has 0 amide bonds. The molecule has 132 valence electrons. The third-order valence-corrected chi connectivity index (χ3v) is 7.37. The summed E-state index contributed by atoms with van der Waals surface area (Å²) >= 11 is 0. The fourth-order valence-corrected chi connectivity index (χ4v) is 5.56. The lowest BCUT2D eigenvalue weighted by Crippen LogP contribution is -2.46. The average Bonchev–Trinajstić information content (AvgIpc) is 3.16. The number of sulfone groups is 1. The number of rotatable bonds is 3. The second-order valence-electron chi connectivity index (χ2n) is 7.35. The summed E-state index contributed by atoms with van der Waals surface area (Å²) in [5.41, 5.74) is 0.554. The normalized spacial score (nSPS) is 27.7. The SMILES string of the molecule is CN=C(NCCN1CCS(=O)(=O)CC1)N1CCC2(CCCC2)C1. The minimum absolute atomic E-state index is 0.302. The highest BCUT2D eigenvalue weighted by Crippen LogP contribution is 2.45. The maximum atomic E-state index is 11.5. The Morgan fingerprint density at radius 3 is 2.48 bits per heavy atom. The summed E-state index contributed by atoms with van der Waals surface area (Å²) in [5, 5.41) is 3.47. The van der Waals surface area contributed by atoms with E-state index in [1.165, 1.54) is 32.1 Å². The van der Waals surface area contributed by atoms with Crippen LogP contribution < -0.4 is 5.32 Å². The van der Waals surface area contributed by atoms with Crippen LogP contribution in [0.3, 0.4) is 0 Å². The first-order valence-electron chi connectivity index (χ1n) is 8.90. The Bertz CT molecular complexity index is 526. The minimum atomic E-state index is -2.78. The van der Waals surface area contributed by atoms with Crippen LogP contribution in [0.1, 0.15) is 32.1 Å². The van der Waals surface area contributed by atoms with Gasteiger partial charge >= 0.3 is 0 Å². The van der Waals surface area contributed by atoms with Crippen LogP contribution in [0.5, 0.6) is 0 Å². The Morgan fingerprint density at radius 1 is 1.13 bits per heavy atom. The van der Waals surface area contributed by atoms with Crippen LogP contribution in [0, 0.1) is 5.41 Å². The van der Waals surface area contributed by atoms with Crippen LogP contribution in [0.15, 0.2) is 4.99 Å². The zero-order valence-electron chi connectivity index (χ0n) is 14.3. The van der Waals surface area contributed by atoms with E-state index in [2.05, 4.69) is 20.1 Å². The van der Waals surface area contributed by atoms with Crippen molar-refractivity contribution in [3.05, 3.63) is 0 Å². The molecule has 23 heavy (non-hydrogen) atoms. The van der Waals surface area contributed by atoms with Gasteiger partial charge in [0.25, 0.3) is 0 Å². The highest BCUT2D eigenvalue weighted by molar-refractivity contribution is 7.91. The third-order valence-electron chi connectivity index (χ3n) is 5.76. The molecule has 0 bridgehead atoms. The maximum absolute atomic E-state index is 11.5. The Hall–Kier alpha value is -0.820. The Balaban J connectivity index is 1.42. The van der Waals surface area contributed by atoms with Crippen molar-refractivity contribution in [2.24, 2.45) is 10.4 Å². The first-order valence-corrected chi connectivity index (χ1v) is 10.7. The van der Waals surface area contributed by atoms with Crippen molar-refractivity contribution in [3.63, 3.8) is 0 Å². The van der Waals surface area contributed by atoms with Crippen molar-refractivity contribution in [2.45, 2.75) is 32.1 Å². The zero-order valence-corrected chi connectivity index (χ0v) is 15.1. The van der Waals surface area contributed by atoms with Gasteiger partial charge in [0.15, 0.2) is 15.8 Å². The summed E-state index contributed by atoms with van der Waals surface area (Å²) in [4.78, 5) is 9.08. The molecule has 2 aliphatic heterocycles. The number of hydrogen-bond acceptors (Lipinski definition) is 4. The molecule has 0 aromatic carbocycles. The summed E-state index contributed by atoms with van der Waals surface area (Å²) in [6, 6.07) is 0. The molecule has 0 unspecified atom stereocenters. The standard InChI is InChI=1S/C16H30N4O2S/c1-17-15(20-8-6-16(14-20)4-2-3-5-16)18-7-9-19-10-12-23(21,22)13-11-19/h2-14H2,1H3,(H,17,18). The summed E-state index contributed by atoms with van der Waals surface area (Å²) in [7, 11) is -0.925. The first-order chi connectivity index (χ1) is 11.0. The summed E-state index contributed by atoms with van der Waals surface area (Å²) in [6.45, 7) is 5.30. The quantitative estimate of drug-likeness (QED) is 0.600. The van der Waals surface area contributed by atoms with Crippen LogP contribution in [0.25, 0.3) is 0 Å². The van der Waals surface area contributed by atoms with E-state index in [-0.39, 0.29) is 0 Å². The van der Waals surface area contributed by atoms with Crippen molar-refractivity contribution < 1.29 is 8.42 Å². The van der Waals surface area contributed by atoms with Gasteiger partial charge in [-0.25, -0.2) is 8.42 Å². The number of likely N-dealkylation sites (tertiary alicyclic amines) is 1. The smallest absolute Gasteiger partial charge is 0.193 e. The van der Waals surface area contributed by atoms with E-state index < -0.39 is 9.84 Å². The van der Waals surface area contributed by atoms with Gasteiger partial charge in [-0.3, -0.25) is 9.89 Å². The van der Waals surface area contributed by atoms with Gasteiger partial charge < -0.3 is 10.2 Å². The van der Waals surface area contributed by atoms with Gasteiger partial charge in [-0.1, -0.05) is 12.8 Å². The fraction of sp³-hybridized carbons (Fsp3) is 0.938. The largest absolute Gasteiger partial charge is 0.355 e. The minimum Gasteiger partial charge on any atom is -0.355 e. The third kappa shape index (κ3) is 4.18. The molecular formula is C16H30N4O2S. The lowest BCUT2D eigenvalue weighted by atomic mass is 9.86. The predicted octanol–water partition coefficient (Wildman–Crippen LogP) is 0.558. The average molecular weight is 343 g/mol. The molecule has 1 spiro atoms. The summed E-state index contributed by atoms with van der Waals surface area (Å²) < 4.78 is 22.9. The molecule has 3 rings (SSSR count). The Labute approximate surface area is 140 Å². The van der Waals surface area contributed by atoms with Crippen molar-refractivity contribution in [1.29, 1.82) is 0 Å². The van der Waals surface area contributed by atoms with Crippen LogP contribution in [-0.4, -0.2) is 82.0 Å². The number of hydrogen-bond donors (Lipinski definition) is 1. The van der Waals surface area contributed by atoms with Crippen LogP contribution in [-0.2, 0) is 9.84 Å². The summed E-state index contributed by atoms with van der Waals surface area (Å²) in [6.07, 6.45) is 6.83. The second kappa shape index (κ2) is 6.97. The van der Waals surface area contributed by atoms with Crippen LogP contribution in [0.2, 0.25) is 0 Å². The van der Waals surface area contributed by atoms with Gasteiger partial charge in [0.1, 0.15) is 0 Å². The molecular weight excluding hydrogens is 312 g/mol. The molecule has 6 nitrogen and oxygen atoms in total. The lowest BCUT2D eigenvalue weighted by Gasteiger charge is -2.28. The van der Waals surface area contributed by atoms with E-state index >= 15 is 0 Å². The molecule has 0 aromatic heterocycles. The van der Waals surface area contributed by atoms with Gasteiger partial charge in [-0.2, -0.15) is 0 Å². The lowest BCUT2D eigenvalue weighted by molar-refractivity contribution is 0.294. The van der Waals surface area contributed by atoms with Crippen molar-refractivity contribution in [3.8, 4) is 0 Å². The number of nitrogens with one attached hydrogen (secondary N) is 1.